The zero-order valence-electron chi connectivity index (χ0n) is 14.5. The minimum Gasteiger partial charge on any atom is -0.493 e. The number of anilines is 1. The van der Waals surface area contributed by atoms with E-state index in [9.17, 15) is 4.79 Å². The molecule has 2 amide bonds. The van der Waals surface area contributed by atoms with Crippen molar-refractivity contribution in [2.75, 3.05) is 25.1 Å². The summed E-state index contributed by atoms with van der Waals surface area (Å²) in [4.78, 5) is 16.3. The standard InChI is InChI=1S/C19H21N3O3S/c1-2-25-16-7-4-3-6-14(16)13-8-9-15-17(12-13)26-19(21-15)22-18(24)20-10-5-11-23/h3-4,6-9,12,23H,2,5,10-11H2,1H3,(H2,20,21,22,24). The molecule has 1 aromatic heterocycles. The Hall–Kier alpha value is -2.64. The molecule has 0 spiro atoms. The van der Waals surface area contributed by atoms with Crippen LogP contribution in [0.5, 0.6) is 5.75 Å². The van der Waals surface area contributed by atoms with E-state index in [-0.39, 0.29) is 12.6 Å². The van der Waals surface area contributed by atoms with Crippen LogP contribution >= 0.6 is 11.3 Å². The fourth-order valence-corrected chi connectivity index (χ4v) is 3.45. The number of fused-ring (bicyclic) bond motifs is 1. The van der Waals surface area contributed by atoms with Gasteiger partial charge >= 0.3 is 6.03 Å². The van der Waals surface area contributed by atoms with Gasteiger partial charge in [0.25, 0.3) is 0 Å². The van der Waals surface area contributed by atoms with E-state index in [2.05, 4.69) is 21.7 Å². The number of aliphatic hydroxyl groups is 1. The minimum absolute atomic E-state index is 0.0490. The van der Waals surface area contributed by atoms with Crippen LogP contribution in [0.15, 0.2) is 42.5 Å². The Morgan fingerprint density at radius 3 is 2.92 bits per heavy atom. The number of thiazole rings is 1. The SMILES string of the molecule is CCOc1ccccc1-c1ccc2nc(NC(=O)NCCCO)sc2c1. The number of nitrogens with zero attached hydrogens (tertiary/aromatic N) is 1. The summed E-state index contributed by atoms with van der Waals surface area (Å²) in [6.45, 7) is 3.05. The molecule has 2 aromatic carbocycles. The van der Waals surface area contributed by atoms with Gasteiger partial charge in [0.2, 0.25) is 0 Å². The summed E-state index contributed by atoms with van der Waals surface area (Å²) in [7, 11) is 0. The molecule has 0 radical (unpaired) electrons. The summed E-state index contributed by atoms with van der Waals surface area (Å²) in [5.74, 6) is 0.848. The Morgan fingerprint density at radius 2 is 2.12 bits per heavy atom. The van der Waals surface area contributed by atoms with Crippen LogP contribution in [-0.4, -0.2) is 35.9 Å². The van der Waals surface area contributed by atoms with Gasteiger partial charge in [0.15, 0.2) is 5.13 Å². The molecule has 0 saturated carbocycles. The Labute approximate surface area is 155 Å². The molecule has 0 fully saturated rings. The first kappa shape index (κ1) is 18.2. The molecular formula is C19H21N3O3S. The van der Waals surface area contributed by atoms with Gasteiger partial charge < -0.3 is 15.2 Å². The number of carbonyl (C=O) groups is 1. The Kier molecular flexibility index (Phi) is 6.04. The number of aliphatic hydroxyl groups excluding tert-OH is 1. The average Bonchev–Trinajstić information content (AvgIpc) is 3.04. The Balaban J connectivity index is 1.81. The topological polar surface area (TPSA) is 83.5 Å². The molecule has 0 saturated heterocycles. The number of hydrogen-bond donors (Lipinski definition) is 3. The highest BCUT2D eigenvalue weighted by molar-refractivity contribution is 7.22. The lowest BCUT2D eigenvalue weighted by molar-refractivity contribution is 0.249. The maximum atomic E-state index is 11.8. The van der Waals surface area contributed by atoms with Gasteiger partial charge in [-0.3, -0.25) is 5.32 Å². The van der Waals surface area contributed by atoms with Crippen molar-refractivity contribution in [1.29, 1.82) is 0 Å². The molecule has 3 N–H and O–H groups in total. The van der Waals surface area contributed by atoms with Gasteiger partial charge in [-0.1, -0.05) is 35.6 Å². The molecule has 136 valence electrons. The molecule has 26 heavy (non-hydrogen) atoms. The lowest BCUT2D eigenvalue weighted by Gasteiger charge is -2.09. The Morgan fingerprint density at radius 1 is 1.27 bits per heavy atom. The van der Waals surface area contributed by atoms with Crippen LogP contribution in [0.1, 0.15) is 13.3 Å². The van der Waals surface area contributed by atoms with Gasteiger partial charge in [-0.05, 0) is 37.1 Å². The van der Waals surface area contributed by atoms with Crippen molar-refractivity contribution in [3.8, 4) is 16.9 Å². The first-order chi connectivity index (χ1) is 12.7. The second-order valence-electron chi connectivity index (χ2n) is 5.59. The zero-order chi connectivity index (χ0) is 18.4. The number of amides is 2. The fraction of sp³-hybridized carbons (Fsp3) is 0.263. The molecule has 0 aliphatic rings. The zero-order valence-corrected chi connectivity index (χ0v) is 15.3. The van der Waals surface area contributed by atoms with E-state index in [1.807, 2.05) is 43.3 Å². The predicted molar refractivity (Wildman–Crippen MR) is 105 cm³/mol. The first-order valence-electron chi connectivity index (χ1n) is 8.49. The van der Waals surface area contributed by atoms with Gasteiger partial charge in [0.1, 0.15) is 5.75 Å². The highest BCUT2D eigenvalue weighted by atomic mass is 32.1. The van der Waals surface area contributed by atoms with E-state index in [4.69, 9.17) is 9.84 Å². The molecular weight excluding hydrogens is 350 g/mol. The third kappa shape index (κ3) is 4.30. The molecule has 0 aliphatic carbocycles. The van der Waals surface area contributed by atoms with Crippen molar-refractivity contribution < 1.29 is 14.6 Å². The molecule has 3 aromatic rings. The molecule has 7 heteroatoms. The second-order valence-corrected chi connectivity index (χ2v) is 6.62. The van der Waals surface area contributed by atoms with Crippen molar-refractivity contribution in [3.05, 3.63) is 42.5 Å². The van der Waals surface area contributed by atoms with Crippen molar-refractivity contribution in [3.63, 3.8) is 0 Å². The molecule has 6 nitrogen and oxygen atoms in total. The van der Waals surface area contributed by atoms with Gasteiger partial charge in [-0.15, -0.1) is 0 Å². The van der Waals surface area contributed by atoms with Crippen LogP contribution in [0.3, 0.4) is 0 Å². The second kappa shape index (κ2) is 8.64. The number of ether oxygens (including phenoxy) is 1. The number of aromatic nitrogens is 1. The van der Waals surface area contributed by atoms with Crippen molar-refractivity contribution >= 4 is 32.7 Å². The first-order valence-corrected chi connectivity index (χ1v) is 9.31. The summed E-state index contributed by atoms with van der Waals surface area (Å²) in [5.41, 5.74) is 2.91. The number of para-hydroxylation sites is 1. The molecule has 1 heterocycles. The summed E-state index contributed by atoms with van der Waals surface area (Å²) >= 11 is 1.42. The third-order valence-electron chi connectivity index (χ3n) is 3.73. The quantitative estimate of drug-likeness (QED) is 0.551. The summed E-state index contributed by atoms with van der Waals surface area (Å²) < 4.78 is 6.70. The van der Waals surface area contributed by atoms with Gasteiger partial charge in [0.05, 0.1) is 16.8 Å². The molecule has 0 atom stereocenters. The smallest absolute Gasteiger partial charge is 0.321 e. The molecule has 0 unspecified atom stereocenters. The predicted octanol–water partition coefficient (Wildman–Crippen LogP) is 3.87. The third-order valence-corrected chi connectivity index (χ3v) is 4.66. The van der Waals surface area contributed by atoms with E-state index in [0.717, 1.165) is 27.1 Å². The molecule has 0 aliphatic heterocycles. The van der Waals surface area contributed by atoms with Crippen molar-refractivity contribution in [1.82, 2.24) is 10.3 Å². The van der Waals surface area contributed by atoms with E-state index in [0.29, 0.717) is 24.7 Å². The van der Waals surface area contributed by atoms with Crippen molar-refractivity contribution in [2.24, 2.45) is 0 Å². The van der Waals surface area contributed by atoms with Crippen LogP contribution in [0.25, 0.3) is 21.3 Å². The maximum Gasteiger partial charge on any atom is 0.321 e. The molecule has 3 rings (SSSR count). The van der Waals surface area contributed by atoms with E-state index >= 15 is 0 Å². The number of carbonyl (C=O) groups excluding carboxylic acids is 1. The fourth-order valence-electron chi connectivity index (χ4n) is 2.55. The monoisotopic (exact) mass is 371 g/mol. The highest BCUT2D eigenvalue weighted by Crippen LogP contribution is 2.34. The lowest BCUT2D eigenvalue weighted by Crippen LogP contribution is -2.29. The molecule has 0 bridgehead atoms. The average molecular weight is 371 g/mol. The number of hydrogen-bond acceptors (Lipinski definition) is 5. The number of benzene rings is 2. The van der Waals surface area contributed by atoms with Crippen LogP contribution < -0.4 is 15.4 Å². The minimum atomic E-state index is -0.320. The van der Waals surface area contributed by atoms with Gasteiger partial charge in [0, 0.05) is 18.7 Å². The summed E-state index contributed by atoms with van der Waals surface area (Å²) in [6.07, 6.45) is 0.524. The summed E-state index contributed by atoms with van der Waals surface area (Å²) in [5, 5.41) is 14.7. The van der Waals surface area contributed by atoms with Gasteiger partial charge in [-0.25, -0.2) is 9.78 Å². The maximum absolute atomic E-state index is 11.8. The highest BCUT2D eigenvalue weighted by Gasteiger charge is 2.10. The normalized spacial score (nSPS) is 10.7. The summed E-state index contributed by atoms with van der Waals surface area (Å²) in [6, 6.07) is 13.6. The van der Waals surface area contributed by atoms with Gasteiger partial charge in [-0.2, -0.15) is 0 Å². The Bertz CT molecular complexity index is 895. The lowest BCUT2D eigenvalue weighted by atomic mass is 10.0. The largest absolute Gasteiger partial charge is 0.493 e. The van der Waals surface area contributed by atoms with Crippen LogP contribution in [-0.2, 0) is 0 Å². The van der Waals surface area contributed by atoms with E-state index in [1.165, 1.54) is 11.3 Å². The van der Waals surface area contributed by atoms with Crippen LogP contribution in [0, 0.1) is 0 Å². The van der Waals surface area contributed by atoms with E-state index in [1.54, 1.807) is 0 Å². The van der Waals surface area contributed by atoms with Crippen LogP contribution in [0.4, 0.5) is 9.93 Å². The number of urea groups is 1. The van der Waals surface area contributed by atoms with Crippen molar-refractivity contribution in [2.45, 2.75) is 13.3 Å². The number of rotatable bonds is 7. The van der Waals surface area contributed by atoms with E-state index < -0.39 is 0 Å². The number of nitrogens with one attached hydrogen (secondary N) is 2. The van der Waals surface area contributed by atoms with Crippen LogP contribution in [0.2, 0.25) is 0 Å².